The van der Waals surface area contributed by atoms with Crippen LogP contribution >= 0.6 is 0 Å². The topological polar surface area (TPSA) is 57.4 Å². The molecule has 0 spiro atoms. The van der Waals surface area contributed by atoms with Gasteiger partial charge >= 0.3 is 0 Å². The summed E-state index contributed by atoms with van der Waals surface area (Å²) in [6.07, 6.45) is 4.78. The maximum atomic E-state index is 5.12. The fraction of sp³-hybridized carbons (Fsp3) is 0.312. The molecule has 0 aromatic carbocycles. The largest absolute Gasteiger partial charge is 0.355 e. The Morgan fingerprint density at radius 2 is 1.11 bits per heavy atom. The highest BCUT2D eigenvalue weighted by Crippen LogP contribution is 2.36. The average molecular weight is 477 g/mol. The summed E-state index contributed by atoms with van der Waals surface area (Å²) < 4.78 is 0. The minimum atomic E-state index is 0.938. The van der Waals surface area contributed by atoms with Crippen LogP contribution in [0.4, 0.5) is 0 Å². The van der Waals surface area contributed by atoms with Crippen LogP contribution in [0.2, 0.25) is 0 Å². The number of hydrogen-bond donors (Lipinski definition) is 2. The van der Waals surface area contributed by atoms with Gasteiger partial charge < -0.3 is 9.97 Å². The van der Waals surface area contributed by atoms with Gasteiger partial charge in [-0.15, -0.1) is 0 Å². The predicted molar refractivity (Wildman–Crippen MR) is 156 cm³/mol. The standard InChI is InChI=1S/C32H36N4/c1-9-21-17(5)25-14-30-23(11-3)19(7)27(35-30)16-32-24(12-4)20(8)28(36-32)15-31-22(10-2)18(6)26(34-31)13-29(21)33-25/h9,13-16,33,36H,1,10-12H2,2-8H3. The SMILES string of the molecule is C=Cc1c(C)c2cc3nc(cc4[nH]c(cc5nc(cc1[nH]2)C(C)=C5CC)c(C)c4CC)C(C)=C3CC. The Bertz CT molecular complexity index is 1640. The van der Waals surface area contributed by atoms with Gasteiger partial charge in [-0.2, -0.15) is 0 Å². The number of hydrogen-bond acceptors (Lipinski definition) is 2. The molecule has 2 aliphatic rings. The minimum Gasteiger partial charge on any atom is -0.355 e. The van der Waals surface area contributed by atoms with Gasteiger partial charge in [0.25, 0.3) is 0 Å². The highest BCUT2D eigenvalue weighted by molar-refractivity contribution is 5.95. The van der Waals surface area contributed by atoms with Crippen LogP contribution in [0, 0.1) is 13.8 Å². The van der Waals surface area contributed by atoms with E-state index < -0.39 is 0 Å². The molecule has 0 aliphatic carbocycles. The summed E-state index contributed by atoms with van der Waals surface area (Å²) in [5.41, 5.74) is 18.5. The first kappa shape index (κ1) is 24.1. The van der Waals surface area contributed by atoms with Crippen molar-refractivity contribution < 1.29 is 0 Å². The zero-order valence-electron chi connectivity index (χ0n) is 22.6. The van der Waals surface area contributed by atoms with Crippen LogP contribution in [-0.2, 0) is 6.42 Å². The number of allylic oxidation sites excluding steroid dienone is 4. The number of aryl methyl sites for hydroxylation is 3. The third kappa shape index (κ3) is 3.67. The lowest BCUT2D eigenvalue weighted by Crippen LogP contribution is -1.82. The van der Waals surface area contributed by atoms with Crippen LogP contribution in [0.3, 0.4) is 0 Å². The van der Waals surface area contributed by atoms with E-state index in [4.69, 9.17) is 9.97 Å². The third-order valence-electron chi connectivity index (χ3n) is 7.98. The van der Waals surface area contributed by atoms with Crippen molar-refractivity contribution in [1.29, 1.82) is 0 Å². The highest BCUT2D eigenvalue weighted by atomic mass is 14.8. The van der Waals surface area contributed by atoms with Crippen molar-refractivity contribution >= 4 is 50.4 Å². The van der Waals surface area contributed by atoms with Crippen LogP contribution in [0.25, 0.3) is 50.4 Å². The van der Waals surface area contributed by atoms with Crippen molar-refractivity contribution in [2.24, 2.45) is 0 Å². The highest BCUT2D eigenvalue weighted by Gasteiger charge is 2.19. The Labute approximate surface area is 213 Å². The van der Waals surface area contributed by atoms with Gasteiger partial charge in [0.1, 0.15) is 0 Å². The van der Waals surface area contributed by atoms with Crippen molar-refractivity contribution in [3.63, 3.8) is 0 Å². The lowest BCUT2D eigenvalue weighted by molar-refractivity contribution is 1.14. The van der Waals surface area contributed by atoms with Crippen molar-refractivity contribution in [2.75, 3.05) is 0 Å². The monoisotopic (exact) mass is 476 g/mol. The van der Waals surface area contributed by atoms with Crippen LogP contribution in [0.5, 0.6) is 0 Å². The van der Waals surface area contributed by atoms with Crippen molar-refractivity contribution in [3.05, 3.63) is 75.9 Å². The van der Waals surface area contributed by atoms with E-state index in [1.54, 1.807) is 0 Å². The Kier molecular flexibility index (Phi) is 6.07. The Morgan fingerprint density at radius 3 is 1.61 bits per heavy atom. The van der Waals surface area contributed by atoms with Crippen molar-refractivity contribution in [1.82, 2.24) is 19.9 Å². The first-order chi connectivity index (χ1) is 17.3. The molecule has 0 saturated heterocycles. The van der Waals surface area contributed by atoms with Gasteiger partial charge in [0.15, 0.2) is 0 Å². The van der Waals surface area contributed by atoms with E-state index in [-0.39, 0.29) is 0 Å². The van der Waals surface area contributed by atoms with Gasteiger partial charge in [0.05, 0.1) is 22.8 Å². The molecule has 3 aromatic rings. The second-order valence-electron chi connectivity index (χ2n) is 9.86. The zero-order valence-corrected chi connectivity index (χ0v) is 22.6. The number of H-pyrrole nitrogens is 2. The van der Waals surface area contributed by atoms with Crippen LogP contribution in [0.15, 0.2) is 30.8 Å². The third-order valence-corrected chi connectivity index (χ3v) is 7.98. The second-order valence-corrected chi connectivity index (χ2v) is 9.86. The van der Waals surface area contributed by atoms with Gasteiger partial charge in [0.2, 0.25) is 0 Å². The van der Waals surface area contributed by atoms with E-state index in [0.717, 1.165) is 69.7 Å². The van der Waals surface area contributed by atoms with E-state index in [2.05, 4.69) is 89.3 Å². The molecule has 4 nitrogen and oxygen atoms in total. The van der Waals surface area contributed by atoms with E-state index in [9.17, 15) is 0 Å². The molecule has 8 bridgehead atoms. The van der Waals surface area contributed by atoms with E-state index in [0.29, 0.717) is 0 Å². The van der Waals surface area contributed by atoms with Crippen LogP contribution in [0.1, 0.15) is 92.5 Å². The summed E-state index contributed by atoms with van der Waals surface area (Å²) in [7, 11) is 0. The number of rotatable bonds is 4. The van der Waals surface area contributed by atoms with E-state index in [1.807, 2.05) is 6.08 Å². The molecule has 4 heteroatoms. The first-order valence-corrected chi connectivity index (χ1v) is 13.1. The van der Waals surface area contributed by atoms with Gasteiger partial charge in [0, 0.05) is 27.6 Å². The molecule has 36 heavy (non-hydrogen) atoms. The Hall–Kier alpha value is -3.66. The van der Waals surface area contributed by atoms with Crippen molar-refractivity contribution in [2.45, 2.75) is 67.7 Å². The molecule has 0 unspecified atom stereocenters. The van der Waals surface area contributed by atoms with E-state index >= 15 is 0 Å². The minimum absolute atomic E-state index is 0.938. The fourth-order valence-electron chi connectivity index (χ4n) is 5.79. The molecule has 0 fully saturated rings. The molecule has 0 saturated carbocycles. The summed E-state index contributed by atoms with van der Waals surface area (Å²) in [5, 5.41) is 0. The van der Waals surface area contributed by atoms with Gasteiger partial charge in [-0.05, 0) is 110 Å². The summed E-state index contributed by atoms with van der Waals surface area (Å²) in [5.74, 6) is 0. The lowest BCUT2D eigenvalue weighted by Gasteiger charge is -1.99. The fourth-order valence-corrected chi connectivity index (χ4v) is 5.79. The molecule has 0 atom stereocenters. The second kappa shape index (κ2) is 9.09. The molecule has 5 rings (SSSR count). The zero-order chi connectivity index (χ0) is 25.7. The molecule has 3 aromatic heterocycles. The van der Waals surface area contributed by atoms with Gasteiger partial charge in [-0.3, -0.25) is 0 Å². The molecule has 0 amide bonds. The quantitative estimate of drug-likeness (QED) is 0.395. The normalized spacial score (nSPS) is 13.6. The maximum absolute atomic E-state index is 5.12. The number of aromatic amines is 2. The summed E-state index contributed by atoms with van der Waals surface area (Å²) >= 11 is 0. The number of fused-ring (bicyclic) bond motifs is 8. The predicted octanol–water partition coefficient (Wildman–Crippen LogP) is 8.82. The first-order valence-electron chi connectivity index (χ1n) is 13.1. The molecule has 184 valence electrons. The molecule has 2 aliphatic heterocycles. The van der Waals surface area contributed by atoms with Crippen LogP contribution < -0.4 is 0 Å². The number of nitrogens with one attached hydrogen (secondary N) is 2. The molecular weight excluding hydrogens is 440 g/mol. The average Bonchev–Trinajstić information content (AvgIpc) is 3.51. The number of nitrogens with zero attached hydrogens (tertiary/aromatic N) is 2. The Morgan fingerprint density at radius 1 is 0.639 bits per heavy atom. The van der Waals surface area contributed by atoms with Gasteiger partial charge in [-0.1, -0.05) is 33.4 Å². The molecule has 0 radical (unpaired) electrons. The molecular formula is C32H36N4. The molecule has 5 heterocycles. The summed E-state index contributed by atoms with van der Waals surface area (Å²) in [6, 6.07) is 8.82. The van der Waals surface area contributed by atoms with Gasteiger partial charge in [-0.25, -0.2) is 9.97 Å². The number of aromatic nitrogens is 4. The lowest BCUT2D eigenvalue weighted by atomic mass is 10.0. The van der Waals surface area contributed by atoms with E-state index in [1.165, 1.54) is 39.0 Å². The summed E-state index contributed by atoms with van der Waals surface area (Å²) in [4.78, 5) is 17.6. The molecule has 2 N–H and O–H groups in total. The smallest absolute Gasteiger partial charge is 0.0693 e. The maximum Gasteiger partial charge on any atom is 0.0693 e. The summed E-state index contributed by atoms with van der Waals surface area (Å²) in [6.45, 7) is 19.5. The Balaban J connectivity index is 2.00. The van der Waals surface area contributed by atoms with Crippen LogP contribution in [-0.4, -0.2) is 19.9 Å². The van der Waals surface area contributed by atoms with Crippen molar-refractivity contribution in [3.8, 4) is 0 Å².